The van der Waals surface area contributed by atoms with Crippen LogP contribution in [0.25, 0.3) is 11.1 Å². The van der Waals surface area contributed by atoms with Crippen LogP contribution < -0.4 is 5.73 Å². The Bertz CT molecular complexity index is 564. The first kappa shape index (κ1) is 11.8. The largest absolute Gasteiger partial charge is 0.440 e. The van der Waals surface area contributed by atoms with E-state index in [-0.39, 0.29) is 17.7 Å². The second kappa shape index (κ2) is 3.96. The first-order valence-electron chi connectivity index (χ1n) is 5.56. The Labute approximate surface area is 99.8 Å². The Morgan fingerprint density at radius 1 is 1.41 bits per heavy atom. The highest BCUT2D eigenvalue weighted by atomic mass is 16.3. The van der Waals surface area contributed by atoms with Gasteiger partial charge < -0.3 is 10.2 Å². The molecule has 0 aliphatic carbocycles. The summed E-state index contributed by atoms with van der Waals surface area (Å²) < 4.78 is 5.65. The molecule has 90 valence electrons. The van der Waals surface area contributed by atoms with Gasteiger partial charge in [0.05, 0.1) is 6.54 Å². The van der Waals surface area contributed by atoms with Gasteiger partial charge in [-0.15, -0.1) is 0 Å². The molecule has 0 amide bonds. The van der Waals surface area contributed by atoms with E-state index in [2.05, 4.69) is 4.98 Å². The molecule has 0 saturated carbocycles. The lowest BCUT2D eigenvalue weighted by Crippen LogP contribution is -2.13. The number of carbonyl (C=O) groups excluding carboxylic acids is 1. The highest BCUT2D eigenvalue weighted by molar-refractivity contribution is 5.99. The number of aromatic nitrogens is 1. The third kappa shape index (κ3) is 2.22. The molecule has 17 heavy (non-hydrogen) atoms. The minimum atomic E-state index is -0.142. The molecule has 0 saturated heterocycles. The first-order chi connectivity index (χ1) is 7.91. The number of Topliss-reactive ketones (excluding diaryl/α,β-unsaturated/α-hetero) is 1. The summed E-state index contributed by atoms with van der Waals surface area (Å²) in [6.07, 6.45) is 0. The van der Waals surface area contributed by atoms with Crippen LogP contribution in [0.2, 0.25) is 0 Å². The highest BCUT2D eigenvalue weighted by Gasteiger charge is 2.21. The molecule has 1 aromatic heterocycles. The standard InChI is InChI=1S/C13H16N2O2/c1-13(2,3)12-15-9-6-8(10(16)7-14)4-5-11(9)17-12/h4-6H,7,14H2,1-3H3. The van der Waals surface area contributed by atoms with Crippen LogP contribution in [0.1, 0.15) is 37.0 Å². The van der Waals surface area contributed by atoms with Gasteiger partial charge in [0.15, 0.2) is 11.4 Å². The molecule has 0 spiro atoms. The van der Waals surface area contributed by atoms with E-state index in [9.17, 15) is 4.79 Å². The molecule has 2 rings (SSSR count). The average molecular weight is 232 g/mol. The summed E-state index contributed by atoms with van der Waals surface area (Å²) in [5, 5.41) is 0. The predicted octanol–water partition coefficient (Wildman–Crippen LogP) is 2.27. The van der Waals surface area contributed by atoms with Crippen molar-refractivity contribution < 1.29 is 9.21 Å². The zero-order valence-corrected chi connectivity index (χ0v) is 10.3. The minimum Gasteiger partial charge on any atom is -0.440 e. The van der Waals surface area contributed by atoms with E-state index >= 15 is 0 Å². The van der Waals surface area contributed by atoms with Crippen LogP contribution in [0, 0.1) is 0 Å². The van der Waals surface area contributed by atoms with Crippen LogP contribution in [0.4, 0.5) is 0 Å². The van der Waals surface area contributed by atoms with Crippen molar-refractivity contribution in [3.63, 3.8) is 0 Å². The van der Waals surface area contributed by atoms with Gasteiger partial charge in [-0.1, -0.05) is 20.8 Å². The number of ketones is 1. The molecule has 4 nitrogen and oxygen atoms in total. The molecule has 0 bridgehead atoms. The van der Waals surface area contributed by atoms with Gasteiger partial charge in [0.2, 0.25) is 5.89 Å². The molecule has 0 radical (unpaired) electrons. The lowest BCUT2D eigenvalue weighted by atomic mass is 9.97. The van der Waals surface area contributed by atoms with Crippen LogP contribution in [-0.2, 0) is 5.41 Å². The molecule has 0 aliphatic rings. The van der Waals surface area contributed by atoms with E-state index in [1.165, 1.54) is 0 Å². The maximum atomic E-state index is 11.5. The van der Waals surface area contributed by atoms with Gasteiger partial charge in [0.1, 0.15) is 5.52 Å². The van der Waals surface area contributed by atoms with Gasteiger partial charge in [-0.25, -0.2) is 4.98 Å². The summed E-state index contributed by atoms with van der Waals surface area (Å²) in [6, 6.07) is 5.21. The van der Waals surface area contributed by atoms with E-state index in [4.69, 9.17) is 10.2 Å². The third-order valence-electron chi connectivity index (χ3n) is 2.54. The van der Waals surface area contributed by atoms with Crippen LogP contribution in [0.15, 0.2) is 22.6 Å². The van der Waals surface area contributed by atoms with Gasteiger partial charge in [0.25, 0.3) is 0 Å². The normalized spacial score (nSPS) is 12.0. The maximum Gasteiger partial charge on any atom is 0.200 e. The maximum absolute atomic E-state index is 11.5. The molecule has 0 atom stereocenters. The number of nitrogens with zero attached hydrogens (tertiary/aromatic N) is 1. The fourth-order valence-corrected chi connectivity index (χ4v) is 1.54. The number of carbonyl (C=O) groups is 1. The van der Waals surface area contributed by atoms with E-state index in [0.29, 0.717) is 22.6 Å². The fraction of sp³-hybridized carbons (Fsp3) is 0.385. The molecule has 0 aliphatic heterocycles. The lowest BCUT2D eigenvalue weighted by molar-refractivity contribution is 0.100. The van der Waals surface area contributed by atoms with Crippen molar-refractivity contribution in [1.29, 1.82) is 0 Å². The van der Waals surface area contributed by atoms with Crippen LogP contribution >= 0.6 is 0 Å². The zero-order valence-electron chi connectivity index (χ0n) is 10.3. The number of hydrogen-bond acceptors (Lipinski definition) is 4. The molecule has 4 heteroatoms. The summed E-state index contributed by atoms with van der Waals surface area (Å²) in [4.78, 5) is 15.9. The van der Waals surface area contributed by atoms with Crippen LogP contribution in [0.5, 0.6) is 0 Å². The van der Waals surface area contributed by atoms with Gasteiger partial charge >= 0.3 is 0 Å². The number of rotatable bonds is 2. The first-order valence-corrected chi connectivity index (χ1v) is 5.56. The second-order valence-electron chi connectivity index (χ2n) is 5.08. The quantitative estimate of drug-likeness (QED) is 0.806. The monoisotopic (exact) mass is 232 g/mol. The van der Waals surface area contributed by atoms with Crippen molar-refractivity contribution in [2.75, 3.05) is 6.54 Å². The molecule has 2 aromatic rings. The number of fused-ring (bicyclic) bond motifs is 1. The summed E-state index contributed by atoms with van der Waals surface area (Å²) in [7, 11) is 0. The van der Waals surface area contributed by atoms with Crippen molar-refractivity contribution in [2.24, 2.45) is 5.73 Å². The van der Waals surface area contributed by atoms with E-state index < -0.39 is 0 Å². The molecular formula is C13H16N2O2. The van der Waals surface area contributed by atoms with E-state index in [0.717, 1.165) is 0 Å². The Morgan fingerprint density at radius 3 is 2.71 bits per heavy atom. The Morgan fingerprint density at radius 2 is 2.12 bits per heavy atom. The molecule has 1 heterocycles. The average Bonchev–Trinajstić information content (AvgIpc) is 2.70. The van der Waals surface area contributed by atoms with Crippen molar-refractivity contribution in [3.05, 3.63) is 29.7 Å². The van der Waals surface area contributed by atoms with Gasteiger partial charge in [-0.2, -0.15) is 0 Å². The summed E-state index contributed by atoms with van der Waals surface area (Å²) in [5.74, 6) is 0.581. The zero-order chi connectivity index (χ0) is 12.6. The highest BCUT2D eigenvalue weighted by Crippen LogP contribution is 2.26. The van der Waals surface area contributed by atoms with E-state index in [1.54, 1.807) is 18.2 Å². The number of oxazole rings is 1. The smallest absolute Gasteiger partial charge is 0.200 e. The second-order valence-corrected chi connectivity index (χ2v) is 5.08. The van der Waals surface area contributed by atoms with Gasteiger partial charge in [0, 0.05) is 11.0 Å². The van der Waals surface area contributed by atoms with Crippen molar-refractivity contribution >= 4 is 16.9 Å². The van der Waals surface area contributed by atoms with Crippen molar-refractivity contribution in [2.45, 2.75) is 26.2 Å². The summed E-state index contributed by atoms with van der Waals surface area (Å²) in [5.41, 5.74) is 7.17. The SMILES string of the molecule is CC(C)(C)c1nc2cc(C(=O)CN)ccc2o1. The Hall–Kier alpha value is -1.68. The summed E-state index contributed by atoms with van der Waals surface area (Å²) >= 11 is 0. The minimum absolute atomic E-state index is 0.00941. The van der Waals surface area contributed by atoms with Gasteiger partial charge in [-0.3, -0.25) is 4.79 Å². The van der Waals surface area contributed by atoms with Crippen LogP contribution in [-0.4, -0.2) is 17.3 Å². The molecular weight excluding hydrogens is 216 g/mol. The fourth-order valence-electron chi connectivity index (χ4n) is 1.54. The molecule has 0 unspecified atom stereocenters. The molecule has 1 aromatic carbocycles. The Balaban J connectivity index is 2.52. The summed E-state index contributed by atoms with van der Waals surface area (Å²) in [6.45, 7) is 6.10. The van der Waals surface area contributed by atoms with Crippen LogP contribution in [0.3, 0.4) is 0 Å². The number of hydrogen-bond donors (Lipinski definition) is 1. The number of benzene rings is 1. The number of nitrogens with two attached hydrogens (primary N) is 1. The molecule has 2 N–H and O–H groups in total. The van der Waals surface area contributed by atoms with Crippen molar-refractivity contribution in [1.82, 2.24) is 4.98 Å². The van der Waals surface area contributed by atoms with Gasteiger partial charge in [-0.05, 0) is 18.2 Å². The predicted molar refractivity (Wildman–Crippen MR) is 66.1 cm³/mol. The van der Waals surface area contributed by atoms with E-state index in [1.807, 2.05) is 20.8 Å². The topological polar surface area (TPSA) is 69.1 Å². The van der Waals surface area contributed by atoms with Crippen molar-refractivity contribution in [3.8, 4) is 0 Å². The molecule has 0 fully saturated rings. The third-order valence-corrected chi connectivity index (χ3v) is 2.54. The lowest BCUT2D eigenvalue weighted by Gasteiger charge is -2.11. The Kier molecular flexibility index (Phi) is 2.75.